The Kier molecular flexibility index (Phi) is 3.91. The van der Waals surface area contributed by atoms with Gasteiger partial charge in [-0.1, -0.05) is 6.07 Å². The van der Waals surface area contributed by atoms with E-state index in [4.69, 9.17) is 0 Å². The quantitative estimate of drug-likeness (QED) is 0.940. The molecule has 1 atom stereocenters. The van der Waals surface area contributed by atoms with Gasteiger partial charge in [0.1, 0.15) is 4.21 Å². The van der Waals surface area contributed by atoms with Crippen LogP contribution < -0.4 is 0 Å². The van der Waals surface area contributed by atoms with Crippen LogP contribution in [0, 0.1) is 5.92 Å². The van der Waals surface area contributed by atoms with E-state index in [1.165, 1.54) is 11.3 Å². The van der Waals surface area contributed by atoms with Crippen molar-refractivity contribution in [2.45, 2.75) is 23.5 Å². The predicted molar refractivity (Wildman–Crippen MR) is 78.1 cm³/mol. The summed E-state index contributed by atoms with van der Waals surface area (Å²) in [4.78, 5) is 0. The topological polar surface area (TPSA) is 66.1 Å². The van der Waals surface area contributed by atoms with Crippen molar-refractivity contribution in [3.63, 3.8) is 0 Å². The lowest BCUT2D eigenvalue weighted by atomic mass is 9.95. The molecule has 2 aromatic rings. The van der Waals surface area contributed by atoms with E-state index in [-0.39, 0.29) is 0 Å². The van der Waals surface area contributed by atoms with Gasteiger partial charge < -0.3 is 0 Å². The molecule has 0 aliphatic carbocycles. The van der Waals surface area contributed by atoms with E-state index in [1.807, 2.05) is 6.07 Å². The number of H-pyrrole nitrogens is 1. The number of nitrogens with one attached hydrogen (secondary N) is 1. The summed E-state index contributed by atoms with van der Waals surface area (Å²) in [5.74, 6) is 0.360. The molecule has 0 spiro atoms. The molecule has 5 nitrogen and oxygen atoms in total. The first kappa shape index (κ1) is 13.8. The Morgan fingerprint density at radius 1 is 1.45 bits per heavy atom. The number of rotatable bonds is 4. The van der Waals surface area contributed by atoms with Crippen LogP contribution in [-0.4, -0.2) is 36.0 Å². The second-order valence-corrected chi connectivity index (χ2v) is 8.20. The highest BCUT2D eigenvalue weighted by Gasteiger charge is 2.30. The van der Waals surface area contributed by atoms with Crippen molar-refractivity contribution in [1.29, 1.82) is 0 Å². The molecular formula is C13H17N3O2S2. The van der Waals surface area contributed by atoms with Gasteiger partial charge in [0.2, 0.25) is 0 Å². The van der Waals surface area contributed by atoms with Crippen molar-refractivity contribution in [2.24, 2.45) is 5.92 Å². The van der Waals surface area contributed by atoms with Crippen molar-refractivity contribution < 1.29 is 8.42 Å². The number of aromatic nitrogens is 2. The lowest BCUT2D eigenvalue weighted by molar-refractivity contribution is 0.264. The monoisotopic (exact) mass is 311 g/mol. The number of piperidine rings is 1. The van der Waals surface area contributed by atoms with Crippen molar-refractivity contribution in [3.05, 3.63) is 35.5 Å². The van der Waals surface area contributed by atoms with Crippen LogP contribution in [0.3, 0.4) is 0 Å². The van der Waals surface area contributed by atoms with Crippen LogP contribution in [0.1, 0.15) is 18.5 Å². The Morgan fingerprint density at radius 3 is 3.05 bits per heavy atom. The standard InChI is InChI=1S/C13H17N3O2S2/c17-20(18,13-4-2-8-19-13)16-7-1-3-11(10-16)9-12-5-6-14-15-12/h2,4-6,8,11H,1,3,7,9-10H2,(H,14,15)/t11-/m0/s1. The number of nitrogens with zero attached hydrogens (tertiary/aromatic N) is 2. The molecule has 0 radical (unpaired) electrons. The molecule has 1 N–H and O–H groups in total. The van der Waals surface area contributed by atoms with Crippen LogP contribution in [0.4, 0.5) is 0 Å². The van der Waals surface area contributed by atoms with Crippen molar-refractivity contribution in [3.8, 4) is 0 Å². The lowest BCUT2D eigenvalue weighted by Crippen LogP contribution is -2.40. The molecule has 1 saturated heterocycles. The van der Waals surface area contributed by atoms with Crippen molar-refractivity contribution in [2.75, 3.05) is 13.1 Å². The Bertz CT molecular complexity index is 635. The fraction of sp³-hybridized carbons (Fsp3) is 0.462. The Hall–Kier alpha value is -1.18. The third-order valence-electron chi connectivity index (χ3n) is 3.64. The molecule has 20 heavy (non-hydrogen) atoms. The Morgan fingerprint density at radius 2 is 2.35 bits per heavy atom. The summed E-state index contributed by atoms with van der Waals surface area (Å²) in [6, 6.07) is 5.41. The first-order valence-electron chi connectivity index (χ1n) is 6.68. The molecule has 3 rings (SSSR count). The summed E-state index contributed by atoms with van der Waals surface area (Å²) >= 11 is 1.28. The maximum Gasteiger partial charge on any atom is 0.252 e. The van der Waals surface area contributed by atoms with E-state index < -0.39 is 10.0 Å². The first-order chi connectivity index (χ1) is 9.66. The van der Waals surface area contributed by atoms with Crippen molar-refractivity contribution in [1.82, 2.24) is 14.5 Å². The van der Waals surface area contributed by atoms with Gasteiger partial charge in [0.05, 0.1) is 0 Å². The lowest BCUT2D eigenvalue weighted by Gasteiger charge is -2.31. The molecule has 0 amide bonds. The van der Waals surface area contributed by atoms with E-state index in [2.05, 4.69) is 10.2 Å². The van der Waals surface area contributed by atoms with Gasteiger partial charge in [-0.3, -0.25) is 5.10 Å². The summed E-state index contributed by atoms with van der Waals surface area (Å²) in [5, 5.41) is 8.70. The molecule has 108 valence electrons. The summed E-state index contributed by atoms with van der Waals surface area (Å²) in [6.45, 7) is 1.22. The Balaban J connectivity index is 1.72. The second-order valence-electron chi connectivity index (χ2n) is 5.09. The molecule has 2 aromatic heterocycles. The fourth-order valence-corrected chi connectivity index (χ4v) is 5.36. The number of hydrogen-bond donors (Lipinski definition) is 1. The predicted octanol–water partition coefficient (Wildman–Crippen LogP) is 2.11. The highest BCUT2D eigenvalue weighted by Crippen LogP contribution is 2.27. The summed E-state index contributed by atoms with van der Waals surface area (Å²) in [6.07, 6.45) is 4.58. The van der Waals surface area contributed by atoms with Gasteiger partial charge in [-0.05, 0) is 42.7 Å². The van der Waals surface area contributed by atoms with Crippen molar-refractivity contribution >= 4 is 21.4 Å². The zero-order valence-electron chi connectivity index (χ0n) is 11.0. The van der Waals surface area contributed by atoms with E-state index >= 15 is 0 Å². The third-order valence-corrected chi connectivity index (χ3v) is 6.88. The number of thiophene rings is 1. The molecule has 1 fully saturated rings. The maximum absolute atomic E-state index is 12.5. The molecule has 7 heteroatoms. The summed E-state index contributed by atoms with van der Waals surface area (Å²) in [5.41, 5.74) is 1.07. The molecule has 0 unspecified atom stereocenters. The van der Waals surface area contributed by atoms with Gasteiger partial charge in [-0.15, -0.1) is 11.3 Å². The second kappa shape index (κ2) is 5.67. The molecule has 3 heterocycles. The average molecular weight is 311 g/mol. The number of hydrogen-bond acceptors (Lipinski definition) is 4. The van der Waals surface area contributed by atoms with Gasteiger partial charge in [0.15, 0.2) is 0 Å². The smallest absolute Gasteiger partial charge is 0.252 e. The zero-order valence-corrected chi connectivity index (χ0v) is 12.7. The molecule has 0 saturated carbocycles. The summed E-state index contributed by atoms with van der Waals surface area (Å²) in [7, 11) is -3.30. The van der Waals surface area contributed by atoms with Gasteiger partial charge in [-0.25, -0.2) is 8.42 Å². The summed E-state index contributed by atoms with van der Waals surface area (Å²) < 4.78 is 27.1. The minimum Gasteiger partial charge on any atom is -0.283 e. The SMILES string of the molecule is O=S(=O)(c1cccs1)N1CCC[C@@H](Cc2ccn[nH]2)C1. The minimum atomic E-state index is -3.30. The molecule has 0 aromatic carbocycles. The molecule has 0 bridgehead atoms. The minimum absolute atomic E-state index is 0.360. The van der Waals surface area contributed by atoms with Crippen LogP contribution in [0.2, 0.25) is 0 Å². The molecule has 1 aliphatic heterocycles. The van der Waals surface area contributed by atoms with Crippen LogP contribution in [0.15, 0.2) is 34.0 Å². The largest absolute Gasteiger partial charge is 0.283 e. The van der Waals surface area contributed by atoms with Crippen LogP contribution in [0.25, 0.3) is 0 Å². The van der Waals surface area contributed by atoms with Crippen LogP contribution in [0.5, 0.6) is 0 Å². The van der Waals surface area contributed by atoms with Crippen LogP contribution in [-0.2, 0) is 16.4 Å². The van der Waals surface area contributed by atoms with Gasteiger partial charge in [0, 0.05) is 25.0 Å². The average Bonchev–Trinajstić information content (AvgIpc) is 3.12. The Labute approximate surface area is 122 Å². The van der Waals surface area contributed by atoms with Gasteiger partial charge >= 0.3 is 0 Å². The third kappa shape index (κ3) is 2.79. The first-order valence-corrected chi connectivity index (χ1v) is 9.00. The van der Waals surface area contributed by atoms with Gasteiger partial charge in [-0.2, -0.15) is 9.40 Å². The molecular weight excluding hydrogens is 294 g/mol. The highest BCUT2D eigenvalue weighted by molar-refractivity contribution is 7.91. The zero-order chi connectivity index (χ0) is 14.0. The van der Waals surface area contributed by atoms with Crippen LogP contribution >= 0.6 is 11.3 Å². The van der Waals surface area contributed by atoms with E-state index in [1.54, 1.807) is 28.0 Å². The maximum atomic E-state index is 12.5. The van der Waals surface area contributed by atoms with E-state index in [0.717, 1.165) is 25.0 Å². The number of aromatic amines is 1. The highest BCUT2D eigenvalue weighted by atomic mass is 32.2. The van der Waals surface area contributed by atoms with E-state index in [9.17, 15) is 8.42 Å². The fourth-order valence-electron chi connectivity index (χ4n) is 2.66. The van der Waals surface area contributed by atoms with Gasteiger partial charge in [0.25, 0.3) is 10.0 Å². The normalized spacial score (nSPS) is 21.1. The number of sulfonamides is 1. The molecule has 1 aliphatic rings. The van der Waals surface area contributed by atoms with E-state index in [0.29, 0.717) is 23.2 Å².